The van der Waals surface area contributed by atoms with Gasteiger partial charge in [-0.05, 0) is 93.3 Å². The Morgan fingerprint density at radius 3 is 2.52 bits per heavy atom. The first kappa shape index (κ1) is 21.7. The van der Waals surface area contributed by atoms with Crippen molar-refractivity contribution in [3.8, 4) is 18.1 Å². The number of anilines is 1. The fraction of sp³-hybridized carbons (Fsp3) is 0.0500. The van der Waals surface area contributed by atoms with E-state index >= 15 is 0 Å². The van der Waals surface area contributed by atoms with Crippen molar-refractivity contribution in [3.05, 3.63) is 60.5 Å². The number of hydrogen-bond acceptors (Lipinski definition) is 4. The molecular weight excluding hydrogens is 621 g/mol. The predicted octanol–water partition coefficient (Wildman–Crippen LogP) is 3.88. The van der Waals surface area contributed by atoms with Crippen LogP contribution in [0.3, 0.4) is 0 Å². The number of terminal acetylenes is 1. The number of amides is 2. The molecule has 2 aromatic rings. The van der Waals surface area contributed by atoms with Crippen molar-refractivity contribution in [2.75, 3.05) is 11.5 Å². The minimum Gasteiger partial charge on any atom is -0.479 e. The predicted molar refractivity (Wildman–Crippen MR) is 129 cm³/mol. The molecule has 0 unspecified atom stereocenters. The fourth-order valence-corrected chi connectivity index (χ4v) is 4.99. The van der Waals surface area contributed by atoms with Gasteiger partial charge in [0.2, 0.25) is 0 Å². The molecule has 9 heteroatoms. The molecule has 3 rings (SSSR count). The van der Waals surface area contributed by atoms with E-state index in [0.29, 0.717) is 11.3 Å². The molecule has 0 saturated carbocycles. The number of benzene rings is 2. The lowest BCUT2D eigenvalue weighted by Gasteiger charge is -2.29. The second kappa shape index (κ2) is 9.19. The van der Waals surface area contributed by atoms with Crippen LogP contribution < -0.4 is 15.0 Å². The van der Waals surface area contributed by atoms with E-state index in [4.69, 9.17) is 23.4 Å². The lowest BCUT2D eigenvalue weighted by atomic mass is 10.1. The SMILES string of the molecule is C#CCOc1c(I)cc(/C=C2\C(=O)NC(=S)N(c3ccccc3F)C2=O)cc1I. The molecule has 0 spiro atoms. The number of para-hydroxylation sites is 1. The largest absolute Gasteiger partial charge is 0.479 e. The summed E-state index contributed by atoms with van der Waals surface area (Å²) in [6.45, 7) is 0.127. The Hall–Kier alpha value is -2.04. The van der Waals surface area contributed by atoms with Crippen LogP contribution in [0.2, 0.25) is 0 Å². The van der Waals surface area contributed by atoms with Crippen LogP contribution in [0.25, 0.3) is 6.08 Å². The summed E-state index contributed by atoms with van der Waals surface area (Å²) < 4.78 is 21.3. The number of rotatable bonds is 4. The number of hydrogen-bond donors (Lipinski definition) is 1. The summed E-state index contributed by atoms with van der Waals surface area (Å²) in [5.41, 5.74) is 0.410. The van der Waals surface area contributed by atoms with E-state index < -0.39 is 17.6 Å². The molecule has 0 aromatic heterocycles. The summed E-state index contributed by atoms with van der Waals surface area (Å²) in [7, 11) is 0. The number of thiocarbonyl (C=S) groups is 1. The van der Waals surface area contributed by atoms with Crippen molar-refractivity contribution < 1.29 is 18.7 Å². The third-order valence-corrected chi connectivity index (χ3v) is 5.71. The zero-order valence-electron chi connectivity index (χ0n) is 14.5. The topological polar surface area (TPSA) is 58.6 Å². The van der Waals surface area contributed by atoms with Crippen molar-refractivity contribution in [3.63, 3.8) is 0 Å². The highest BCUT2D eigenvalue weighted by Crippen LogP contribution is 2.31. The van der Waals surface area contributed by atoms with Crippen LogP contribution in [0, 0.1) is 25.3 Å². The third-order valence-electron chi connectivity index (χ3n) is 3.83. The van der Waals surface area contributed by atoms with Gasteiger partial charge in [0.1, 0.15) is 23.7 Å². The number of nitrogens with one attached hydrogen (secondary N) is 1. The Kier molecular flexibility index (Phi) is 6.86. The molecule has 0 bridgehead atoms. The van der Waals surface area contributed by atoms with Gasteiger partial charge in [-0.3, -0.25) is 14.9 Å². The maximum Gasteiger partial charge on any atom is 0.270 e. The van der Waals surface area contributed by atoms with E-state index in [2.05, 4.69) is 56.4 Å². The summed E-state index contributed by atoms with van der Waals surface area (Å²) in [5, 5.41) is 2.26. The van der Waals surface area contributed by atoms with Gasteiger partial charge >= 0.3 is 0 Å². The van der Waals surface area contributed by atoms with Gasteiger partial charge in [-0.2, -0.15) is 0 Å². The van der Waals surface area contributed by atoms with Gasteiger partial charge in [-0.25, -0.2) is 9.29 Å². The first-order valence-electron chi connectivity index (χ1n) is 8.04. The Morgan fingerprint density at radius 2 is 1.90 bits per heavy atom. The van der Waals surface area contributed by atoms with Crippen LogP contribution in [0.1, 0.15) is 5.56 Å². The Labute approximate surface area is 199 Å². The molecular formula is C20H11FI2N2O3S. The first-order chi connectivity index (χ1) is 13.8. The maximum atomic E-state index is 14.2. The first-order valence-corrected chi connectivity index (χ1v) is 10.6. The molecule has 1 aliphatic heterocycles. The summed E-state index contributed by atoms with van der Waals surface area (Å²) >= 11 is 9.25. The van der Waals surface area contributed by atoms with Crippen LogP contribution in [0.15, 0.2) is 42.0 Å². The van der Waals surface area contributed by atoms with Gasteiger partial charge < -0.3 is 4.74 Å². The second-order valence-electron chi connectivity index (χ2n) is 5.72. The number of nitrogens with zero attached hydrogens (tertiary/aromatic N) is 1. The summed E-state index contributed by atoms with van der Waals surface area (Å²) in [4.78, 5) is 26.3. The van der Waals surface area contributed by atoms with Crippen molar-refractivity contribution in [2.45, 2.75) is 0 Å². The highest BCUT2D eigenvalue weighted by molar-refractivity contribution is 14.1. The molecule has 0 aliphatic carbocycles. The third kappa shape index (κ3) is 4.59. The summed E-state index contributed by atoms with van der Waals surface area (Å²) in [5.74, 6) is 1.05. The molecule has 0 atom stereocenters. The summed E-state index contributed by atoms with van der Waals surface area (Å²) in [6.07, 6.45) is 6.66. The molecule has 2 aromatic carbocycles. The maximum absolute atomic E-state index is 14.2. The molecule has 1 fully saturated rings. The van der Waals surface area contributed by atoms with Gasteiger partial charge in [-0.15, -0.1) is 6.42 Å². The van der Waals surface area contributed by atoms with Gasteiger partial charge in [0.05, 0.1) is 12.8 Å². The fourth-order valence-electron chi connectivity index (χ4n) is 2.59. The summed E-state index contributed by atoms with van der Waals surface area (Å²) in [6, 6.07) is 9.21. The average molecular weight is 632 g/mol. The quantitative estimate of drug-likeness (QED) is 0.183. The van der Waals surface area contributed by atoms with Gasteiger partial charge in [-0.1, -0.05) is 18.1 Å². The Morgan fingerprint density at radius 1 is 1.24 bits per heavy atom. The van der Waals surface area contributed by atoms with Crippen LogP contribution >= 0.6 is 57.4 Å². The number of halogens is 3. The van der Waals surface area contributed by atoms with Crippen LogP contribution in [-0.2, 0) is 9.59 Å². The zero-order chi connectivity index (χ0) is 21.1. The van der Waals surface area contributed by atoms with E-state index in [1.165, 1.54) is 24.3 Å². The molecule has 1 aliphatic rings. The Bertz CT molecular complexity index is 1090. The van der Waals surface area contributed by atoms with E-state index in [9.17, 15) is 14.0 Å². The second-order valence-corrected chi connectivity index (χ2v) is 8.43. The lowest BCUT2D eigenvalue weighted by Crippen LogP contribution is -2.54. The van der Waals surface area contributed by atoms with E-state index in [0.717, 1.165) is 12.0 Å². The molecule has 1 saturated heterocycles. The zero-order valence-corrected chi connectivity index (χ0v) is 19.7. The van der Waals surface area contributed by atoms with Crippen LogP contribution in [0.4, 0.5) is 10.1 Å². The number of ether oxygens (including phenoxy) is 1. The van der Waals surface area contributed by atoms with Crippen molar-refractivity contribution >= 4 is 86.1 Å². The van der Waals surface area contributed by atoms with Gasteiger partial charge in [0.25, 0.3) is 11.8 Å². The molecule has 146 valence electrons. The van der Waals surface area contributed by atoms with Crippen LogP contribution in [0.5, 0.6) is 5.75 Å². The minimum atomic E-state index is -0.707. The molecule has 2 amide bonds. The van der Waals surface area contributed by atoms with Crippen molar-refractivity contribution in [1.82, 2.24) is 5.32 Å². The van der Waals surface area contributed by atoms with Crippen molar-refractivity contribution in [1.29, 1.82) is 0 Å². The highest BCUT2D eigenvalue weighted by atomic mass is 127. The normalized spacial score (nSPS) is 15.3. The number of carbonyl (C=O) groups is 2. The van der Waals surface area contributed by atoms with E-state index in [-0.39, 0.29) is 23.0 Å². The van der Waals surface area contributed by atoms with Gasteiger partial charge in [0.15, 0.2) is 5.11 Å². The average Bonchev–Trinajstić information content (AvgIpc) is 2.66. The molecule has 5 nitrogen and oxygen atoms in total. The molecule has 0 radical (unpaired) electrons. The lowest BCUT2D eigenvalue weighted by molar-refractivity contribution is -0.122. The monoisotopic (exact) mass is 632 g/mol. The van der Waals surface area contributed by atoms with E-state index in [1.807, 2.05) is 0 Å². The molecule has 29 heavy (non-hydrogen) atoms. The van der Waals surface area contributed by atoms with Crippen molar-refractivity contribution in [2.24, 2.45) is 0 Å². The van der Waals surface area contributed by atoms with Crippen LogP contribution in [-0.4, -0.2) is 23.5 Å². The number of carbonyl (C=O) groups excluding carboxylic acids is 2. The smallest absolute Gasteiger partial charge is 0.270 e. The standard InChI is InChI=1S/C20H11FI2N2O3S/c1-2-7-28-17-14(22)9-11(10-15(17)23)8-12-18(26)24-20(29)25(19(12)27)16-6-4-3-5-13(16)21/h1,3-6,8-10H,7H2,(H,24,26,29)/b12-8+. The highest BCUT2D eigenvalue weighted by Gasteiger charge is 2.35. The molecule has 1 heterocycles. The molecule has 1 N–H and O–H groups in total. The van der Waals surface area contributed by atoms with Gasteiger partial charge in [0, 0.05) is 0 Å². The van der Waals surface area contributed by atoms with E-state index in [1.54, 1.807) is 18.2 Å². The Balaban J connectivity index is 2.01. The minimum absolute atomic E-state index is 0.0319.